The van der Waals surface area contributed by atoms with Gasteiger partial charge in [0.25, 0.3) is 0 Å². The summed E-state index contributed by atoms with van der Waals surface area (Å²) in [5, 5.41) is 0. The van der Waals surface area contributed by atoms with E-state index in [-0.39, 0.29) is 6.79 Å². The van der Waals surface area contributed by atoms with Crippen LogP contribution in [0.5, 0.6) is 0 Å². The van der Waals surface area contributed by atoms with Crippen LogP contribution in [0.3, 0.4) is 0 Å². The number of hydrogen-bond acceptors (Lipinski definition) is 3. The number of ether oxygens (including phenoxy) is 2. The Bertz CT molecular complexity index is 261. The third-order valence-corrected chi connectivity index (χ3v) is 3.72. The lowest BCUT2D eigenvalue weighted by Crippen LogP contribution is -2.02. The van der Waals surface area contributed by atoms with E-state index >= 15 is 0 Å². The zero-order valence-corrected chi connectivity index (χ0v) is 14.8. The minimum absolute atomic E-state index is 0.190. The molecule has 0 aromatic rings. The van der Waals surface area contributed by atoms with Crippen molar-refractivity contribution in [3.05, 3.63) is 11.8 Å². The molecule has 0 atom stereocenters. The first kappa shape index (κ1) is 21.2. The second-order valence-electron chi connectivity index (χ2n) is 5.87. The Balaban J connectivity index is 3.39. The van der Waals surface area contributed by atoms with Crippen molar-refractivity contribution in [3.8, 4) is 0 Å². The number of aldehydes is 1. The summed E-state index contributed by atoms with van der Waals surface area (Å²) >= 11 is 0. The number of carbonyl (C=O) groups excluding carboxylic acids is 1. The van der Waals surface area contributed by atoms with Crippen molar-refractivity contribution < 1.29 is 14.3 Å². The van der Waals surface area contributed by atoms with Gasteiger partial charge >= 0.3 is 0 Å². The number of unbranched alkanes of at least 4 members (excludes halogenated alkanes) is 10. The molecule has 0 aliphatic carbocycles. The number of hydrogen-bond donors (Lipinski definition) is 0. The molecule has 0 aliphatic rings. The summed E-state index contributed by atoms with van der Waals surface area (Å²) in [6.45, 7) is 5.34. The summed E-state index contributed by atoms with van der Waals surface area (Å²) < 4.78 is 10.7. The molecule has 3 nitrogen and oxygen atoms in total. The van der Waals surface area contributed by atoms with Crippen molar-refractivity contribution in [2.75, 3.05) is 13.4 Å². The van der Waals surface area contributed by atoms with Gasteiger partial charge in [-0.3, -0.25) is 4.79 Å². The third-order valence-electron chi connectivity index (χ3n) is 3.72. The lowest BCUT2D eigenvalue weighted by molar-refractivity contribution is -0.111. The van der Waals surface area contributed by atoms with E-state index in [9.17, 15) is 4.79 Å². The zero-order valence-electron chi connectivity index (χ0n) is 14.8. The summed E-state index contributed by atoms with van der Waals surface area (Å²) in [6.07, 6.45) is 17.3. The molecule has 0 amide bonds. The molecule has 0 aromatic carbocycles. The van der Waals surface area contributed by atoms with E-state index in [2.05, 4.69) is 13.8 Å². The molecule has 0 N–H and O–H groups in total. The van der Waals surface area contributed by atoms with Gasteiger partial charge in [0.05, 0.1) is 6.61 Å². The van der Waals surface area contributed by atoms with E-state index in [1.807, 2.05) is 6.08 Å². The Kier molecular flexibility index (Phi) is 17.5. The molecular weight excluding hydrogens is 276 g/mol. The van der Waals surface area contributed by atoms with Gasteiger partial charge in [-0.15, -0.1) is 0 Å². The van der Waals surface area contributed by atoms with Crippen LogP contribution in [0.25, 0.3) is 0 Å². The van der Waals surface area contributed by atoms with Gasteiger partial charge in [-0.2, -0.15) is 0 Å². The number of allylic oxidation sites excluding steroid dienone is 2. The van der Waals surface area contributed by atoms with Crippen LogP contribution in [-0.4, -0.2) is 19.7 Å². The van der Waals surface area contributed by atoms with Crippen molar-refractivity contribution >= 4 is 6.29 Å². The fraction of sp³-hybridized carbons (Fsp3) is 0.842. The van der Waals surface area contributed by atoms with Crippen LogP contribution in [0, 0.1) is 0 Å². The quantitative estimate of drug-likeness (QED) is 0.112. The fourth-order valence-electron chi connectivity index (χ4n) is 2.29. The van der Waals surface area contributed by atoms with Crippen molar-refractivity contribution in [2.24, 2.45) is 0 Å². The highest BCUT2D eigenvalue weighted by Gasteiger charge is 1.97. The minimum atomic E-state index is 0.190. The molecule has 22 heavy (non-hydrogen) atoms. The maximum Gasteiger partial charge on any atom is 0.189 e. The van der Waals surface area contributed by atoms with E-state index in [4.69, 9.17) is 9.47 Å². The molecule has 0 unspecified atom stereocenters. The molecule has 0 heterocycles. The highest BCUT2D eigenvalue weighted by molar-refractivity contribution is 5.69. The summed E-state index contributed by atoms with van der Waals surface area (Å²) in [7, 11) is 0. The number of carbonyl (C=O) groups is 1. The van der Waals surface area contributed by atoms with Crippen LogP contribution < -0.4 is 0 Å². The summed E-state index contributed by atoms with van der Waals surface area (Å²) in [6, 6.07) is 0. The Morgan fingerprint density at radius 2 is 1.41 bits per heavy atom. The Labute approximate surface area is 137 Å². The SMILES string of the molecule is CCCCCC/C=C(\C=O)OCOCCCCCCCCC. The maximum absolute atomic E-state index is 10.9. The van der Waals surface area contributed by atoms with E-state index in [1.54, 1.807) is 0 Å². The molecular formula is C19H36O3. The second-order valence-corrected chi connectivity index (χ2v) is 5.87. The van der Waals surface area contributed by atoms with Crippen LogP contribution in [-0.2, 0) is 14.3 Å². The van der Waals surface area contributed by atoms with Gasteiger partial charge in [-0.25, -0.2) is 0 Å². The predicted molar refractivity (Wildman–Crippen MR) is 92.8 cm³/mol. The van der Waals surface area contributed by atoms with Crippen molar-refractivity contribution in [2.45, 2.75) is 90.9 Å². The molecule has 0 saturated carbocycles. The van der Waals surface area contributed by atoms with Crippen LogP contribution >= 0.6 is 0 Å². The first-order valence-electron chi connectivity index (χ1n) is 9.21. The molecule has 0 spiro atoms. The van der Waals surface area contributed by atoms with E-state index in [0.29, 0.717) is 5.76 Å². The van der Waals surface area contributed by atoms with Crippen molar-refractivity contribution in [3.63, 3.8) is 0 Å². The van der Waals surface area contributed by atoms with Crippen LogP contribution in [0.2, 0.25) is 0 Å². The summed E-state index contributed by atoms with van der Waals surface area (Å²) in [5.41, 5.74) is 0. The predicted octanol–water partition coefficient (Wildman–Crippen LogP) is 5.78. The van der Waals surface area contributed by atoms with Gasteiger partial charge in [0.1, 0.15) is 0 Å². The van der Waals surface area contributed by atoms with Gasteiger partial charge in [-0.1, -0.05) is 71.6 Å². The van der Waals surface area contributed by atoms with Gasteiger partial charge in [0, 0.05) is 0 Å². The largest absolute Gasteiger partial charge is 0.464 e. The highest BCUT2D eigenvalue weighted by atomic mass is 16.7. The van der Waals surface area contributed by atoms with E-state index in [1.165, 1.54) is 57.8 Å². The lowest BCUT2D eigenvalue weighted by Gasteiger charge is -2.07. The van der Waals surface area contributed by atoms with Crippen LogP contribution in [0.15, 0.2) is 11.8 Å². The maximum atomic E-state index is 10.9. The van der Waals surface area contributed by atoms with Crippen molar-refractivity contribution in [1.29, 1.82) is 0 Å². The topological polar surface area (TPSA) is 35.5 Å². The van der Waals surface area contributed by atoms with Gasteiger partial charge < -0.3 is 9.47 Å². The fourth-order valence-corrected chi connectivity index (χ4v) is 2.29. The molecule has 0 radical (unpaired) electrons. The van der Waals surface area contributed by atoms with Crippen molar-refractivity contribution in [1.82, 2.24) is 0 Å². The molecule has 130 valence electrons. The molecule has 0 aliphatic heterocycles. The molecule has 0 saturated heterocycles. The van der Waals surface area contributed by atoms with Crippen LogP contribution in [0.1, 0.15) is 90.9 Å². The van der Waals surface area contributed by atoms with Gasteiger partial charge in [0.15, 0.2) is 18.8 Å². The average Bonchev–Trinajstić information content (AvgIpc) is 2.54. The van der Waals surface area contributed by atoms with E-state index < -0.39 is 0 Å². The summed E-state index contributed by atoms with van der Waals surface area (Å²) in [5.74, 6) is 0.413. The zero-order chi connectivity index (χ0) is 16.3. The normalized spacial score (nSPS) is 11.6. The first-order chi connectivity index (χ1) is 10.8. The van der Waals surface area contributed by atoms with Gasteiger partial charge in [0.2, 0.25) is 0 Å². The Morgan fingerprint density at radius 3 is 2.05 bits per heavy atom. The Morgan fingerprint density at radius 1 is 0.818 bits per heavy atom. The first-order valence-corrected chi connectivity index (χ1v) is 9.21. The van der Waals surface area contributed by atoms with Gasteiger partial charge in [-0.05, 0) is 25.3 Å². The average molecular weight is 312 g/mol. The Hall–Kier alpha value is -0.830. The molecule has 3 heteroatoms. The van der Waals surface area contributed by atoms with E-state index in [0.717, 1.165) is 32.2 Å². The van der Waals surface area contributed by atoms with Crippen LogP contribution in [0.4, 0.5) is 0 Å². The second kappa shape index (κ2) is 18.2. The molecule has 0 rings (SSSR count). The third kappa shape index (κ3) is 15.6. The molecule has 0 fully saturated rings. The number of rotatable bonds is 17. The lowest BCUT2D eigenvalue weighted by atomic mass is 10.1. The smallest absolute Gasteiger partial charge is 0.189 e. The highest BCUT2D eigenvalue weighted by Crippen LogP contribution is 2.08. The molecule has 0 bridgehead atoms. The molecule has 0 aromatic heterocycles. The summed E-state index contributed by atoms with van der Waals surface area (Å²) in [4.78, 5) is 10.9. The minimum Gasteiger partial charge on any atom is -0.464 e. The standard InChI is InChI=1S/C19H36O3/c1-3-5-7-9-10-12-14-16-21-18-22-19(17-20)15-13-11-8-6-4-2/h15,17H,3-14,16,18H2,1-2H3/b19-15+. The monoisotopic (exact) mass is 312 g/mol.